The van der Waals surface area contributed by atoms with Gasteiger partial charge in [-0.1, -0.05) is 23.7 Å². The van der Waals surface area contributed by atoms with Gasteiger partial charge in [-0.3, -0.25) is 4.79 Å². The van der Waals surface area contributed by atoms with E-state index in [1.54, 1.807) is 0 Å². The molecule has 0 radical (unpaired) electrons. The molecule has 1 aromatic carbocycles. The maximum Gasteiger partial charge on any atom is 0.238 e. The average molecular weight is 258 g/mol. The molecule has 0 saturated carbocycles. The standard InChI is InChI=1S/C12H13Cl2NO/c13-8-12(16)15-6-2-5-11(15)9-3-1-4-10(14)7-9/h1,3-4,7,11H,2,5-6,8H2. The van der Waals surface area contributed by atoms with Gasteiger partial charge in [0.15, 0.2) is 0 Å². The Morgan fingerprint density at radius 2 is 2.31 bits per heavy atom. The molecule has 0 bridgehead atoms. The minimum absolute atomic E-state index is 0.00384. The molecule has 1 heterocycles. The number of carbonyl (C=O) groups excluding carboxylic acids is 1. The zero-order valence-corrected chi connectivity index (χ0v) is 10.3. The summed E-state index contributed by atoms with van der Waals surface area (Å²) in [5.41, 5.74) is 1.10. The smallest absolute Gasteiger partial charge is 0.238 e. The van der Waals surface area contributed by atoms with E-state index in [-0.39, 0.29) is 17.8 Å². The summed E-state index contributed by atoms with van der Waals surface area (Å²) in [4.78, 5) is 13.5. The van der Waals surface area contributed by atoms with Gasteiger partial charge in [0.05, 0.1) is 6.04 Å². The molecular formula is C12H13Cl2NO. The molecule has 1 atom stereocenters. The number of halogens is 2. The van der Waals surface area contributed by atoms with Crippen LogP contribution in [0.5, 0.6) is 0 Å². The van der Waals surface area contributed by atoms with Crippen molar-refractivity contribution in [2.75, 3.05) is 12.4 Å². The van der Waals surface area contributed by atoms with E-state index in [9.17, 15) is 4.79 Å². The minimum atomic E-state index is 0.00384. The lowest BCUT2D eigenvalue weighted by Gasteiger charge is -2.24. The van der Waals surface area contributed by atoms with E-state index in [1.807, 2.05) is 29.2 Å². The van der Waals surface area contributed by atoms with E-state index in [2.05, 4.69) is 0 Å². The van der Waals surface area contributed by atoms with Gasteiger partial charge in [0.25, 0.3) is 0 Å². The fraction of sp³-hybridized carbons (Fsp3) is 0.417. The SMILES string of the molecule is O=C(CCl)N1CCCC1c1cccc(Cl)c1. The summed E-state index contributed by atoms with van der Waals surface area (Å²) in [6.45, 7) is 0.794. The second kappa shape index (κ2) is 5.07. The molecule has 2 rings (SSSR count). The van der Waals surface area contributed by atoms with Crippen molar-refractivity contribution in [3.8, 4) is 0 Å². The van der Waals surface area contributed by atoms with Gasteiger partial charge in [-0.2, -0.15) is 0 Å². The highest BCUT2D eigenvalue weighted by Crippen LogP contribution is 2.32. The van der Waals surface area contributed by atoms with Gasteiger partial charge in [0.1, 0.15) is 5.88 Å². The molecule has 1 saturated heterocycles. The van der Waals surface area contributed by atoms with E-state index < -0.39 is 0 Å². The molecule has 1 amide bonds. The topological polar surface area (TPSA) is 20.3 Å². The third-order valence-corrected chi connectivity index (χ3v) is 3.38. The van der Waals surface area contributed by atoms with Crippen LogP contribution in [0.1, 0.15) is 24.4 Å². The molecule has 0 aliphatic carbocycles. The second-order valence-electron chi connectivity index (χ2n) is 3.93. The first-order valence-electron chi connectivity index (χ1n) is 5.33. The summed E-state index contributed by atoms with van der Waals surface area (Å²) in [7, 11) is 0. The number of hydrogen-bond donors (Lipinski definition) is 0. The lowest BCUT2D eigenvalue weighted by molar-refractivity contribution is -0.129. The molecule has 1 aliphatic rings. The van der Waals surface area contributed by atoms with Crippen LogP contribution in [0.25, 0.3) is 0 Å². The quantitative estimate of drug-likeness (QED) is 0.746. The monoisotopic (exact) mass is 257 g/mol. The number of benzene rings is 1. The maximum absolute atomic E-state index is 11.6. The third-order valence-electron chi connectivity index (χ3n) is 2.92. The molecule has 4 heteroatoms. The highest BCUT2D eigenvalue weighted by molar-refractivity contribution is 6.30. The van der Waals surface area contributed by atoms with Crippen molar-refractivity contribution in [1.82, 2.24) is 4.90 Å². The summed E-state index contributed by atoms with van der Waals surface area (Å²) < 4.78 is 0. The molecule has 1 aliphatic heterocycles. The molecule has 0 spiro atoms. The van der Waals surface area contributed by atoms with Crippen molar-refractivity contribution in [2.24, 2.45) is 0 Å². The van der Waals surface area contributed by atoms with Crippen molar-refractivity contribution in [1.29, 1.82) is 0 Å². The molecule has 1 aromatic rings. The van der Waals surface area contributed by atoms with Crippen LogP contribution in [0.3, 0.4) is 0 Å². The fourth-order valence-corrected chi connectivity index (χ4v) is 2.55. The molecule has 86 valence electrons. The van der Waals surface area contributed by atoms with Crippen LogP contribution in [-0.2, 0) is 4.79 Å². The summed E-state index contributed by atoms with van der Waals surface area (Å²) in [6.07, 6.45) is 2.02. The maximum atomic E-state index is 11.6. The molecule has 1 unspecified atom stereocenters. The molecule has 0 aromatic heterocycles. The van der Waals surface area contributed by atoms with Crippen LogP contribution in [-0.4, -0.2) is 23.2 Å². The van der Waals surface area contributed by atoms with Gasteiger partial charge >= 0.3 is 0 Å². The van der Waals surface area contributed by atoms with Crippen LogP contribution >= 0.6 is 23.2 Å². The Kier molecular flexibility index (Phi) is 3.72. The van der Waals surface area contributed by atoms with Crippen LogP contribution in [0.15, 0.2) is 24.3 Å². The second-order valence-corrected chi connectivity index (χ2v) is 4.64. The van der Waals surface area contributed by atoms with Gasteiger partial charge < -0.3 is 4.90 Å². The van der Waals surface area contributed by atoms with Gasteiger partial charge in [-0.05, 0) is 30.5 Å². The molecule has 2 nitrogen and oxygen atoms in total. The number of nitrogens with zero attached hydrogens (tertiary/aromatic N) is 1. The third kappa shape index (κ3) is 2.33. The molecule has 1 fully saturated rings. The summed E-state index contributed by atoms with van der Waals surface area (Å²) in [5, 5.41) is 0.711. The van der Waals surface area contributed by atoms with E-state index in [0.29, 0.717) is 5.02 Å². The van der Waals surface area contributed by atoms with E-state index in [4.69, 9.17) is 23.2 Å². The van der Waals surface area contributed by atoms with Crippen molar-refractivity contribution < 1.29 is 4.79 Å². The molecular weight excluding hydrogens is 245 g/mol. The van der Waals surface area contributed by atoms with Crippen molar-refractivity contribution >= 4 is 29.1 Å². The first-order valence-corrected chi connectivity index (χ1v) is 6.24. The Bertz CT molecular complexity index is 394. The van der Waals surface area contributed by atoms with E-state index in [0.717, 1.165) is 24.9 Å². The Balaban J connectivity index is 2.23. The predicted molar refractivity (Wildman–Crippen MR) is 65.9 cm³/mol. The minimum Gasteiger partial charge on any atom is -0.335 e. The van der Waals surface area contributed by atoms with Crippen LogP contribution in [0.2, 0.25) is 5.02 Å². The Morgan fingerprint density at radius 3 is 3.00 bits per heavy atom. The van der Waals surface area contributed by atoms with Crippen molar-refractivity contribution in [3.63, 3.8) is 0 Å². The first kappa shape index (κ1) is 11.7. The average Bonchev–Trinajstić information content (AvgIpc) is 2.77. The van der Waals surface area contributed by atoms with Crippen LogP contribution in [0.4, 0.5) is 0 Å². The highest BCUT2D eigenvalue weighted by atomic mass is 35.5. The van der Waals surface area contributed by atoms with Gasteiger partial charge in [-0.25, -0.2) is 0 Å². The lowest BCUT2D eigenvalue weighted by Crippen LogP contribution is -2.31. The van der Waals surface area contributed by atoms with Gasteiger partial charge in [-0.15, -0.1) is 11.6 Å². The predicted octanol–water partition coefficient (Wildman–Crippen LogP) is 3.24. The van der Waals surface area contributed by atoms with E-state index in [1.165, 1.54) is 0 Å². The number of alkyl halides is 1. The van der Waals surface area contributed by atoms with E-state index >= 15 is 0 Å². The lowest BCUT2D eigenvalue weighted by atomic mass is 10.0. The number of carbonyl (C=O) groups is 1. The molecule has 0 N–H and O–H groups in total. The summed E-state index contributed by atoms with van der Waals surface area (Å²) in [5.74, 6) is 0.0565. The van der Waals surface area contributed by atoms with Crippen LogP contribution in [0, 0.1) is 0 Å². The Hall–Kier alpha value is -0.730. The molecule has 16 heavy (non-hydrogen) atoms. The number of hydrogen-bond acceptors (Lipinski definition) is 1. The largest absolute Gasteiger partial charge is 0.335 e. The first-order chi connectivity index (χ1) is 7.72. The number of likely N-dealkylation sites (tertiary alicyclic amines) is 1. The normalized spacial score (nSPS) is 20.1. The number of amides is 1. The van der Waals surface area contributed by atoms with Crippen LogP contribution < -0.4 is 0 Å². The number of rotatable bonds is 2. The van der Waals surface area contributed by atoms with Gasteiger partial charge in [0.2, 0.25) is 5.91 Å². The van der Waals surface area contributed by atoms with Crippen molar-refractivity contribution in [3.05, 3.63) is 34.9 Å². The van der Waals surface area contributed by atoms with Gasteiger partial charge in [0, 0.05) is 11.6 Å². The summed E-state index contributed by atoms with van der Waals surface area (Å²) >= 11 is 11.6. The zero-order valence-electron chi connectivity index (χ0n) is 8.83. The summed E-state index contributed by atoms with van der Waals surface area (Å²) in [6, 6.07) is 7.83. The van der Waals surface area contributed by atoms with Crippen molar-refractivity contribution in [2.45, 2.75) is 18.9 Å². The Morgan fingerprint density at radius 1 is 1.50 bits per heavy atom. The Labute approximate surface area is 105 Å². The fourth-order valence-electron chi connectivity index (χ4n) is 2.20. The highest BCUT2D eigenvalue weighted by Gasteiger charge is 2.29. The zero-order chi connectivity index (χ0) is 11.5.